The van der Waals surface area contributed by atoms with Gasteiger partial charge in [0.05, 0.1) is 22.2 Å². The molecule has 0 spiro atoms. The third-order valence-corrected chi connectivity index (χ3v) is 4.12. The number of halogens is 5. The third kappa shape index (κ3) is 4.57. The van der Waals surface area contributed by atoms with Crippen molar-refractivity contribution < 1.29 is 18.1 Å². The van der Waals surface area contributed by atoms with E-state index < -0.39 is 22.4 Å². The molecule has 0 saturated carbocycles. The minimum atomic E-state index is -4.69. The van der Waals surface area contributed by atoms with Crippen LogP contribution in [0.2, 0.25) is 10.4 Å². The number of non-ortho nitro benzene ring substituents is 1. The summed E-state index contributed by atoms with van der Waals surface area (Å²) >= 11 is 11.7. The van der Waals surface area contributed by atoms with Gasteiger partial charge in [0.15, 0.2) is 0 Å². The lowest BCUT2D eigenvalue weighted by molar-refractivity contribution is -0.385. The van der Waals surface area contributed by atoms with Gasteiger partial charge in [-0.15, -0.1) is 0 Å². The summed E-state index contributed by atoms with van der Waals surface area (Å²) in [4.78, 5) is 22.0. The Hall–Kier alpha value is -2.72. The Morgan fingerprint density at radius 3 is 2.57 bits per heavy atom. The van der Waals surface area contributed by atoms with Crippen molar-refractivity contribution in [3.63, 3.8) is 0 Å². The van der Waals surface area contributed by atoms with Crippen LogP contribution >= 0.6 is 23.2 Å². The fourth-order valence-electron chi connectivity index (χ4n) is 2.53. The van der Waals surface area contributed by atoms with Crippen molar-refractivity contribution in [1.29, 1.82) is 0 Å². The van der Waals surface area contributed by atoms with E-state index in [4.69, 9.17) is 23.2 Å². The lowest BCUT2D eigenvalue weighted by Crippen LogP contribution is -2.10. The highest BCUT2D eigenvalue weighted by Gasteiger charge is 2.32. The number of alkyl halides is 3. The summed E-state index contributed by atoms with van der Waals surface area (Å²) in [6, 6.07) is 4.00. The highest BCUT2D eigenvalue weighted by molar-refractivity contribution is 6.30. The summed E-state index contributed by atoms with van der Waals surface area (Å²) in [7, 11) is 0. The van der Waals surface area contributed by atoms with Gasteiger partial charge in [0.25, 0.3) is 5.69 Å². The number of anilines is 1. The Balaban J connectivity index is 1.84. The molecule has 0 bridgehead atoms. The maximum atomic E-state index is 13.0. The Morgan fingerprint density at radius 1 is 1.14 bits per heavy atom. The molecule has 1 aromatic carbocycles. The van der Waals surface area contributed by atoms with E-state index in [1.54, 1.807) is 0 Å². The van der Waals surface area contributed by atoms with Crippen LogP contribution in [-0.4, -0.2) is 26.4 Å². The van der Waals surface area contributed by atoms with E-state index in [-0.39, 0.29) is 29.0 Å². The number of hydrogen-bond donors (Lipinski definition) is 1. The van der Waals surface area contributed by atoms with Gasteiger partial charge in [-0.3, -0.25) is 10.1 Å². The first kappa shape index (κ1) is 20.0. The summed E-state index contributed by atoms with van der Waals surface area (Å²) in [6.07, 6.45) is -3.20. The number of hydrogen-bond acceptors (Lipinski definition) is 6. The molecule has 0 aliphatic carbocycles. The van der Waals surface area contributed by atoms with Gasteiger partial charge in [-0.2, -0.15) is 13.2 Å². The standard InChI is InChI=1S/C16H10Cl2F3N5O2/c17-13-6-11-12(7-23-13)24-15(18)25-14(11)22-2-1-8-3-9(16(19,20)21)5-10(4-8)26(27)28/h3-7H,1-2H2,(H,22,24,25). The molecule has 0 aliphatic rings. The molecule has 0 atom stereocenters. The quantitative estimate of drug-likeness (QED) is 0.267. The maximum Gasteiger partial charge on any atom is 0.416 e. The first-order chi connectivity index (χ1) is 13.1. The SMILES string of the molecule is O=[N+]([O-])c1cc(CCNc2nc(Cl)nc3cnc(Cl)cc23)cc(C(F)(F)F)c1. The Morgan fingerprint density at radius 2 is 1.89 bits per heavy atom. The number of rotatable bonds is 5. The molecule has 3 aromatic rings. The fourth-order valence-corrected chi connectivity index (χ4v) is 2.86. The number of pyridine rings is 1. The minimum absolute atomic E-state index is 0.0474. The molecule has 2 aromatic heterocycles. The van der Waals surface area contributed by atoms with Crippen LogP contribution in [-0.2, 0) is 12.6 Å². The average molecular weight is 432 g/mol. The first-order valence-electron chi connectivity index (χ1n) is 7.72. The number of nitro groups is 1. The lowest BCUT2D eigenvalue weighted by atomic mass is 10.1. The lowest BCUT2D eigenvalue weighted by Gasteiger charge is -2.11. The van der Waals surface area contributed by atoms with Crippen molar-refractivity contribution in [3.8, 4) is 0 Å². The molecule has 0 amide bonds. The van der Waals surface area contributed by atoms with Crippen molar-refractivity contribution in [2.45, 2.75) is 12.6 Å². The molecule has 146 valence electrons. The van der Waals surface area contributed by atoms with E-state index in [1.165, 1.54) is 12.3 Å². The normalized spacial score (nSPS) is 11.6. The van der Waals surface area contributed by atoms with Gasteiger partial charge in [-0.05, 0) is 35.7 Å². The molecule has 0 radical (unpaired) electrons. The predicted molar refractivity (Wildman–Crippen MR) is 97.6 cm³/mol. The van der Waals surface area contributed by atoms with Crippen LogP contribution in [0, 0.1) is 10.1 Å². The summed E-state index contributed by atoms with van der Waals surface area (Å²) in [5.74, 6) is 0.320. The van der Waals surface area contributed by atoms with Crippen LogP contribution in [0.3, 0.4) is 0 Å². The summed E-state index contributed by atoms with van der Waals surface area (Å²) in [5, 5.41) is 14.5. The molecular formula is C16H10Cl2F3N5O2. The van der Waals surface area contributed by atoms with Crippen molar-refractivity contribution >= 4 is 45.6 Å². The number of nitrogens with zero attached hydrogens (tertiary/aromatic N) is 4. The Labute approximate surface area is 165 Å². The highest BCUT2D eigenvalue weighted by atomic mass is 35.5. The molecule has 12 heteroatoms. The molecule has 3 rings (SSSR count). The molecule has 0 saturated heterocycles. The number of nitro benzene ring substituents is 1. The Bertz CT molecular complexity index is 1060. The van der Waals surface area contributed by atoms with Gasteiger partial charge in [0.2, 0.25) is 5.28 Å². The molecular weight excluding hydrogens is 422 g/mol. The molecule has 28 heavy (non-hydrogen) atoms. The van der Waals surface area contributed by atoms with Crippen LogP contribution in [0.4, 0.5) is 24.7 Å². The first-order valence-corrected chi connectivity index (χ1v) is 8.47. The van der Waals surface area contributed by atoms with E-state index in [0.29, 0.717) is 22.8 Å². The second-order valence-electron chi connectivity index (χ2n) is 5.69. The van der Waals surface area contributed by atoms with E-state index in [0.717, 1.165) is 12.1 Å². The number of nitrogens with one attached hydrogen (secondary N) is 1. The molecule has 0 fully saturated rings. The van der Waals surface area contributed by atoms with Gasteiger partial charge >= 0.3 is 6.18 Å². The van der Waals surface area contributed by atoms with Gasteiger partial charge in [-0.1, -0.05) is 11.6 Å². The van der Waals surface area contributed by atoms with Crippen molar-refractivity contribution in [1.82, 2.24) is 15.0 Å². The topological polar surface area (TPSA) is 93.8 Å². The molecule has 0 aliphatic heterocycles. The van der Waals surface area contributed by atoms with Crippen LogP contribution in [0.15, 0.2) is 30.5 Å². The average Bonchev–Trinajstić information content (AvgIpc) is 2.61. The number of aromatic nitrogens is 3. The third-order valence-electron chi connectivity index (χ3n) is 3.74. The Kier molecular flexibility index (Phi) is 5.52. The highest BCUT2D eigenvalue weighted by Crippen LogP contribution is 2.33. The molecule has 7 nitrogen and oxygen atoms in total. The van der Waals surface area contributed by atoms with Gasteiger partial charge < -0.3 is 5.32 Å². The van der Waals surface area contributed by atoms with E-state index in [1.807, 2.05) is 0 Å². The second kappa shape index (κ2) is 7.72. The maximum absolute atomic E-state index is 13.0. The summed E-state index contributed by atoms with van der Waals surface area (Å²) in [6.45, 7) is 0.140. The second-order valence-corrected chi connectivity index (χ2v) is 6.41. The van der Waals surface area contributed by atoms with Gasteiger partial charge in [0.1, 0.15) is 11.0 Å². The molecule has 1 N–H and O–H groups in total. The van der Waals surface area contributed by atoms with Crippen LogP contribution < -0.4 is 5.32 Å². The van der Waals surface area contributed by atoms with Crippen LogP contribution in [0.1, 0.15) is 11.1 Å². The van der Waals surface area contributed by atoms with Crippen LogP contribution in [0.5, 0.6) is 0 Å². The van der Waals surface area contributed by atoms with E-state index in [9.17, 15) is 23.3 Å². The van der Waals surface area contributed by atoms with Crippen molar-refractivity contribution in [3.05, 3.63) is 62.1 Å². The van der Waals surface area contributed by atoms with E-state index in [2.05, 4.69) is 20.3 Å². The fraction of sp³-hybridized carbons (Fsp3) is 0.188. The number of benzene rings is 1. The summed E-state index contributed by atoms with van der Waals surface area (Å²) in [5.41, 5.74) is -1.12. The number of fused-ring (bicyclic) bond motifs is 1. The smallest absolute Gasteiger partial charge is 0.369 e. The molecule has 0 unspecified atom stereocenters. The van der Waals surface area contributed by atoms with Gasteiger partial charge in [0, 0.05) is 24.1 Å². The summed E-state index contributed by atoms with van der Waals surface area (Å²) < 4.78 is 38.9. The monoisotopic (exact) mass is 431 g/mol. The van der Waals surface area contributed by atoms with Crippen molar-refractivity contribution in [2.24, 2.45) is 0 Å². The molecule has 2 heterocycles. The van der Waals surface area contributed by atoms with Crippen LogP contribution in [0.25, 0.3) is 10.9 Å². The van der Waals surface area contributed by atoms with E-state index >= 15 is 0 Å². The zero-order valence-electron chi connectivity index (χ0n) is 13.8. The zero-order chi connectivity index (χ0) is 20.5. The largest absolute Gasteiger partial charge is 0.416 e. The predicted octanol–water partition coefficient (Wildman–Crippen LogP) is 4.91. The van der Waals surface area contributed by atoms with Gasteiger partial charge in [-0.25, -0.2) is 15.0 Å². The van der Waals surface area contributed by atoms with Crippen molar-refractivity contribution in [2.75, 3.05) is 11.9 Å². The zero-order valence-corrected chi connectivity index (χ0v) is 15.3. The minimum Gasteiger partial charge on any atom is -0.369 e.